The molecule has 1 amide bonds. The van der Waals surface area contributed by atoms with Crippen molar-refractivity contribution in [3.63, 3.8) is 0 Å². The molecule has 7 nitrogen and oxygen atoms in total. The van der Waals surface area contributed by atoms with Crippen LogP contribution in [0, 0.1) is 13.8 Å². The maximum atomic E-state index is 12.8. The Hall–Kier alpha value is -3.43. The molecule has 0 atom stereocenters. The largest absolute Gasteiger partial charge is 0.321 e. The first-order valence-electron chi connectivity index (χ1n) is 9.20. The highest BCUT2D eigenvalue weighted by Crippen LogP contribution is 2.31. The summed E-state index contributed by atoms with van der Waals surface area (Å²) in [6.45, 7) is 3.72. The molecule has 0 aliphatic rings. The normalized spacial score (nSPS) is 11.1. The molecule has 1 aromatic carbocycles. The van der Waals surface area contributed by atoms with Gasteiger partial charge in [-0.3, -0.25) is 4.79 Å². The molecule has 5 rings (SSSR count). The van der Waals surface area contributed by atoms with Gasteiger partial charge in [-0.25, -0.2) is 4.98 Å². The maximum absolute atomic E-state index is 12.8. The van der Waals surface area contributed by atoms with E-state index in [4.69, 9.17) is 0 Å². The smallest absolute Gasteiger partial charge is 0.267 e. The highest BCUT2D eigenvalue weighted by Gasteiger charge is 2.17. The molecule has 0 saturated carbocycles. The Morgan fingerprint density at radius 3 is 2.63 bits per heavy atom. The number of thiophene rings is 1. The average molecular weight is 433 g/mol. The number of hydrogen-bond donors (Lipinski definition) is 1. The summed E-state index contributed by atoms with van der Waals surface area (Å²) in [5.74, 6) is 0.581. The third-order valence-electron chi connectivity index (χ3n) is 4.59. The second kappa shape index (κ2) is 7.43. The van der Waals surface area contributed by atoms with Crippen molar-refractivity contribution in [2.24, 2.45) is 0 Å². The zero-order chi connectivity index (χ0) is 20.7. The van der Waals surface area contributed by atoms with E-state index in [0.29, 0.717) is 10.5 Å². The fourth-order valence-corrected chi connectivity index (χ4v) is 4.83. The van der Waals surface area contributed by atoms with Crippen LogP contribution in [0.1, 0.15) is 21.2 Å². The van der Waals surface area contributed by atoms with Gasteiger partial charge in [-0.15, -0.1) is 32.9 Å². The van der Waals surface area contributed by atoms with Gasteiger partial charge in [0.05, 0.1) is 16.3 Å². The van der Waals surface area contributed by atoms with Crippen molar-refractivity contribution in [2.45, 2.75) is 13.8 Å². The van der Waals surface area contributed by atoms with Crippen LogP contribution in [0.15, 0.2) is 53.9 Å². The molecule has 9 heteroatoms. The molecule has 148 valence electrons. The SMILES string of the molecule is Cc1nc(-c2cccs2)sc1C(=O)Nc1ccc(-c2ccc3nnc(C)n3n2)cc1. The van der Waals surface area contributed by atoms with E-state index >= 15 is 0 Å². The number of amides is 1. The number of nitrogens with one attached hydrogen (secondary N) is 1. The van der Waals surface area contributed by atoms with Crippen LogP contribution < -0.4 is 5.32 Å². The van der Waals surface area contributed by atoms with Crippen molar-refractivity contribution in [1.29, 1.82) is 0 Å². The second-order valence-electron chi connectivity index (χ2n) is 6.68. The van der Waals surface area contributed by atoms with Gasteiger partial charge in [0, 0.05) is 11.3 Å². The van der Waals surface area contributed by atoms with E-state index in [0.717, 1.165) is 38.3 Å². The van der Waals surface area contributed by atoms with Gasteiger partial charge in [-0.05, 0) is 49.6 Å². The number of anilines is 1. The van der Waals surface area contributed by atoms with E-state index < -0.39 is 0 Å². The molecule has 4 heterocycles. The van der Waals surface area contributed by atoms with Gasteiger partial charge in [-0.2, -0.15) is 9.61 Å². The van der Waals surface area contributed by atoms with Crippen molar-refractivity contribution in [1.82, 2.24) is 24.8 Å². The maximum Gasteiger partial charge on any atom is 0.267 e. The van der Waals surface area contributed by atoms with E-state index in [1.807, 2.05) is 67.8 Å². The van der Waals surface area contributed by atoms with Crippen molar-refractivity contribution < 1.29 is 4.79 Å². The summed E-state index contributed by atoms with van der Waals surface area (Å²) < 4.78 is 1.71. The summed E-state index contributed by atoms with van der Waals surface area (Å²) in [5.41, 5.74) is 3.91. The predicted octanol–water partition coefficient (Wildman–Crippen LogP) is 4.85. The lowest BCUT2D eigenvalue weighted by molar-refractivity contribution is 0.103. The van der Waals surface area contributed by atoms with E-state index in [1.54, 1.807) is 15.9 Å². The Balaban J connectivity index is 1.36. The van der Waals surface area contributed by atoms with Crippen LogP contribution in [0.3, 0.4) is 0 Å². The average Bonchev–Trinajstić information content (AvgIpc) is 3.49. The van der Waals surface area contributed by atoms with Crippen LogP contribution in [0.25, 0.3) is 26.8 Å². The lowest BCUT2D eigenvalue weighted by Crippen LogP contribution is -2.11. The first-order chi connectivity index (χ1) is 14.6. The predicted molar refractivity (Wildman–Crippen MR) is 119 cm³/mol. The van der Waals surface area contributed by atoms with Crippen molar-refractivity contribution in [3.8, 4) is 21.1 Å². The monoisotopic (exact) mass is 432 g/mol. The van der Waals surface area contributed by atoms with E-state index in [2.05, 4.69) is 25.6 Å². The molecule has 0 spiro atoms. The number of nitrogens with zero attached hydrogens (tertiary/aromatic N) is 5. The van der Waals surface area contributed by atoms with E-state index in [-0.39, 0.29) is 5.91 Å². The highest BCUT2D eigenvalue weighted by atomic mass is 32.1. The summed E-state index contributed by atoms with van der Waals surface area (Å²) in [4.78, 5) is 19.0. The van der Waals surface area contributed by atoms with E-state index in [9.17, 15) is 4.79 Å². The Labute approximate surface area is 180 Å². The zero-order valence-corrected chi connectivity index (χ0v) is 17.8. The van der Waals surface area contributed by atoms with Crippen LogP contribution in [0.4, 0.5) is 5.69 Å². The third-order valence-corrected chi connectivity index (χ3v) is 6.79. The van der Waals surface area contributed by atoms with Gasteiger partial charge in [0.1, 0.15) is 9.88 Å². The summed E-state index contributed by atoms with van der Waals surface area (Å²) >= 11 is 3.03. The summed E-state index contributed by atoms with van der Waals surface area (Å²) in [5, 5.41) is 18.5. The number of carbonyl (C=O) groups excluding carboxylic acids is 1. The molecule has 30 heavy (non-hydrogen) atoms. The number of aryl methyl sites for hydroxylation is 2. The fourth-order valence-electron chi connectivity index (χ4n) is 3.08. The zero-order valence-electron chi connectivity index (χ0n) is 16.2. The van der Waals surface area contributed by atoms with Crippen molar-refractivity contribution >= 4 is 39.9 Å². The fraction of sp³-hybridized carbons (Fsp3) is 0.0952. The molecular weight excluding hydrogens is 416 g/mol. The number of benzene rings is 1. The van der Waals surface area contributed by atoms with Crippen molar-refractivity contribution in [2.75, 3.05) is 5.32 Å². The topological polar surface area (TPSA) is 85.1 Å². The van der Waals surface area contributed by atoms with E-state index in [1.165, 1.54) is 11.3 Å². The second-order valence-corrected chi connectivity index (χ2v) is 8.62. The Morgan fingerprint density at radius 2 is 1.87 bits per heavy atom. The van der Waals surface area contributed by atoms with Gasteiger partial charge in [0.15, 0.2) is 11.5 Å². The van der Waals surface area contributed by atoms with Crippen LogP contribution >= 0.6 is 22.7 Å². The van der Waals surface area contributed by atoms with Crippen LogP contribution in [-0.4, -0.2) is 30.7 Å². The van der Waals surface area contributed by atoms with Gasteiger partial charge in [0.25, 0.3) is 5.91 Å². The molecule has 5 aromatic rings. The third kappa shape index (κ3) is 3.38. The van der Waals surface area contributed by atoms with Gasteiger partial charge < -0.3 is 5.32 Å². The minimum absolute atomic E-state index is 0.153. The summed E-state index contributed by atoms with van der Waals surface area (Å²) in [7, 11) is 0. The van der Waals surface area contributed by atoms with Gasteiger partial charge in [0.2, 0.25) is 0 Å². The lowest BCUT2D eigenvalue weighted by atomic mass is 10.1. The number of fused-ring (bicyclic) bond motifs is 1. The van der Waals surface area contributed by atoms with Crippen LogP contribution in [0.2, 0.25) is 0 Å². The van der Waals surface area contributed by atoms with Crippen molar-refractivity contribution in [3.05, 3.63) is 70.3 Å². The number of hydrogen-bond acceptors (Lipinski definition) is 7. The Kier molecular flexibility index (Phi) is 4.61. The molecule has 0 aliphatic carbocycles. The lowest BCUT2D eigenvalue weighted by Gasteiger charge is -2.06. The molecular formula is C21H16N6OS2. The summed E-state index contributed by atoms with van der Waals surface area (Å²) in [6.07, 6.45) is 0. The number of thiazole rings is 1. The molecule has 0 saturated heterocycles. The van der Waals surface area contributed by atoms with Crippen LogP contribution in [0.5, 0.6) is 0 Å². The molecule has 1 N–H and O–H groups in total. The summed E-state index contributed by atoms with van der Waals surface area (Å²) in [6, 6.07) is 15.4. The quantitative estimate of drug-likeness (QED) is 0.439. The van der Waals surface area contributed by atoms with Gasteiger partial charge >= 0.3 is 0 Å². The minimum atomic E-state index is -0.153. The number of rotatable bonds is 4. The molecule has 0 aliphatic heterocycles. The number of aromatic nitrogens is 5. The highest BCUT2D eigenvalue weighted by molar-refractivity contribution is 7.22. The first-order valence-corrected chi connectivity index (χ1v) is 10.9. The standard InChI is InChI=1S/C21H16N6OS2/c1-12-19(30-21(22-12)17-4-3-11-29-17)20(28)23-15-7-5-14(6-8-15)16-9-10-18-25-24-13(2)27(18)26-16/h3-11H,1-2H3,(H,23,28). The minimum Gasteiger partial charge on any atom is -0.321 e. The Morgan fingerprint density at radius 1 is 1.03 bits per heavy atom. The molecule has 0 bridgehead atoms. The Bertz CT molecular complexity index is 1350. The molecule has 0 fully saturated rings. The molecule has 0 radical (unpaired) electrons. The molecule has 0 unspecified atom stereocenters. The number of carbonyl (C=O) groups is 1. The van der Waals surface area contributed by atoms with Crippen LogP contribution in [-0.2, 0) is 0 Å². The van der Waals surface area contributed by atoms with Gasteiger partial charge in [-0.1, -0.05) is 18.2 Å². The first kappa shape index (κ1) is 18.6. The molecule has 4 aromatic heterocycles.